The molecule has 0 saturated carbocycles. The molecule has 2 amide bonds. The molecule has 0 spiro atoms. The number of carbonyl (C=O) groups excluding carboxylic acids is 2. The SMILES string of the molecule is CCN1CC(=O)N(Cc2cncn2CCOC)[C@@H](CC(C)C)C1=O. The quantitative estimate of drug-likeness (QED) is 0.714. The van der Waals surface area contributed by atoms with E-state index in [0.717, 1.165) is 5.69 Å². The summed E-state index contributed by atoms with van der Waals surface area (Å²) in [7, 11) is 1.65. The molecule has 7 nitrogen and oxygen atoms in total. The lowest BCUT2D eigenvalue weighted by molar-refractivity contribution is -0.157. The van der Waals surface area contributed by atoms with Crippen molar-refractivity contribution in [1.82, 2.24) is 19.4 Å². The van der Waals surface area contributed by atoms with E-state index < -0.39 is 6.04 Å². The van der Waals surface area contributed by atoms with Crippen LogP contribution in [0.4, 0.5) is 0 Å². The first-order chi connectivity index (χ1) is 11.5. The molecule has 134 valence electrons. The number of piperazine rings is 1. The summed E-state index contributed by atoms with van der Waals surface area (Å²) in [4.78, 5) is 32.9. The minimum Gasteiger partial charge on any atom is -0.383 e. The van der Waals surface area contributed by atoms with Crippen molar-refractivity contribution in [2.24, 2.45) is 5.92 Å². The first-order valence-corrected chi connectivity index (χ1v) is 8.54. The van der Waals surface area contributed by atoms with Crippen molar-refractivity contribution in [2.45, 2.75) is 46.3 Å². The molecule has 2 heterocycles. The third-order valence-electron chi connectivity index (χ3n) is 4.36. The molecule has 24 heavy (non-hydrogen) atoms. The third-order valence-corrected chi connectivity index (χ3v) is 4.36. The normalized spacial score (nSPS) is 18.8. The maximum atomic E-state index is 12.7. The average molecular weight is 336 g/mol. The van der Waals surface area contributed by atoms with Crippen LogP contribution in [0, 0.1) is 5.92 Å². The molecule has 0 aliphatic carbocycles. The van der Waals surface area contributed by atoms with Crippen molar-refractivity contribution in [3.63, 3.8) is 0 Å². The van der Waals surface area contributed by atoms with Crippen molar-refractivity contribution < 1.29 is 14.3 Å². The Labute approximate surface area is 143 Å². The number of amides is 2. The van der Waals surface area contributed by atoms with E-state index in [9.17, 15) is 9.59 Å². The molecule has 1 aliphatic rings. The van der Waals surface area contributed by atoms with Crippen molar-refractivity contribution in [3.8, 4) is 0 Å². The maximum Gasteiger partial charge on any atom is 0.245 e. The number of imidazole rings is 1. The number of hydrogen-bond donors (Lipinski definition) is 0. The van der Waals surface area contributed by atoms with E-state index in [1.165, 1.54) is 0 Å². The van der Waals surface area contributed by atoms with Crippen LogP contribution in [0.3, 0.4) is 0 Å². The Bertz CT molecular complexity index is 570. The smallest absolute Gasteiger partial charge is 0.245 e. The Morgan fingerprint density at radius 3 is 2.75 bits per heavy atom. The van der Waals surface area contributed by atoms with E-state index in [-0.39, 0.29) is 18.4 Å². The van der Waals surface area contributed by atoms with E-state index in [2.05, 4.69) is 18.8 Å². The van der Waals surface area contributed by atoms with Gasteiger partial charge in [0.1, 0.15) is 6.04 Å². The highest BCUT2D eigenvalue weighted by molar-refractivity contribution is 5.94. The highest BCUT2D eigenvalue weighted by Crippen LogP contribution is 2.21. The van der Waals surface area contributed by atoms with Crippen molar-refractivity contribution >= 4 is 11.8 Å². The summed E-state index contributed by atoms with van der Waals surface area (Å²) < 4.78 is 7.08. The molecule has 0 unspecified atom stereocenters. The summed E-state index contributed by atoms with van der Waals surface area (Å²) >= 11 is 0. The average Bonchev–Trinajstić information content (AvgIpc) is 2.98. The Balaban J connectivity index is 2.20. The zero-order valence-corrected chi connectivity index (χ0v) is 15.1. The summed E-state index contributed by atoms with van der Waals surface area (Å²) in [5.41, 5.74) is 0.923. The van der Waals surface area contributed by atoms with Crippen LogP contribution >= 0.6 is 0 Å². The van der Waals surface area contributed by atoms with Crippen LogP contribution in [0.2, 0.25) is 0 Å². The molecule has 1 aromatic rings. The zero-order chi connectivity index (χ0) is 17.7. The van der Waals surface area contributed by atoms with Gasteiger partial charge < -0.3 is 19.1 Å². The molecule has 2 rings (SSSR count). The van der Waals surface area contributed by atoms with Gasteiger partial charge in [-0.05, 0) is 19.3 Å². The first-order valence-electron chi connectivity index (χ1n) is 8.54. The third kappa shape index (κ3) is 4.14. The standard InChI is InChI=1S/C17H28N4O3/c1-5-19-11-16(22)21(15(17(19)23)8-13(2)3)10-14-9-18-12-20(14)6-7-24-4/h9,12-13,15H,5-8,10-11H2,1-4H3/t15-/m0/s1. The second-order valence-electron chi connectivity index (χ2n) is 6.59. The van der Waals surface area contributed by atoms with E-state index in [1.807, 2.05) is 11.5 Å². The Morgan fingerprint density at radius 2 is 2.12 bits per heavy atom. The van der Waals surface area contributed by atoms with Gasteiger partial charge in [0.2, 0.25) is 11.8 Å². The van der Waals surface area contributed by atoms with Crippen LogP contribution in [-0.2, 0) is 27.4 Å². The van der Waals surface area contributed by atoms with Crippen molar-refractivity contribution in [3.05, 3.63) is 18.2 Å². The molecule has 0 bridgehead atoms. The summed E-state index contributed by atoms with van der Waals surface area (Å²) in [6, 6.07) is -0.392. The van der Waals surface area contributed by atoms with Gasteiger partial charge in [-0.25, -0.2) is 4.98 Å². The van der Waals surface area contributed by atoms with Gasteiger partial charge in [0, 0.05) is 26.4 Å². The molecule has 1 atom stereocenters. The number of hydrogen-bond acceptors (Lipinski definition) is 4. The number of methoxy groups -OCH3 is 1. The highest BCUT2D eigenvalue weighted by Gasteiger charge is 2.39. The van der Waals surface area contributed by atoms with Crippen molar-refractivity contribution in [1.29, 1.82) is 0 Å². The topological polar surface area (TPSA) is 67.7 Å². The summed E-state index contributed by atoms with van der Waals surface area (Å²) in [5.74, 6) is 0.389. The van der Waals surface area contributed by atoms with E-state index in [1.54, 1.807) is 29.4 Å². The molecule has 1 saturated heterocycles. The van der Waals surface area contributed by atoms with Gasteiger partial charge in [0.15, 0.2) is 0 Å². The number of likely N-dealkylation sites (N-methyl/N-ethyl adjacent to an activating group) is 1. The molecule has 0 radical (unpaired) electrons. The van der Waals surface area contributed by atoms with Crippen molar-refractivity contribution in [2.75, 3.05) is 26.8 Å². The first kappa shape index (κ1) is 18.4. The maximum absolute atomic E-state index is 12.7. The molecule has 1 aliphatic heterocycles. The van der Waals surface area contributed by atoms with Crippen LogP contribution in [0.1, 0.15) is 32.9 Å². The number of aromatic nitrogens is 2. The molecule has 1 aromatic heterocycles. The Hall–Kier alpha value is -1.89. The molecular formula is C17H28N4O3. The van der Waals surface area contributed by atoms with Gasteiger partial charge in [-0.15, -0.1) is 0 Å². The fraction of sp³-hybridized carbons (Fsp3) is 0.706. The lowest BCUT2D eigenvalue weighted by Crippen LogP contribution is -2.59. The fourth-order valence-corrected chi connectivity index (χ4v) is 3.04. The second-order valence-corrected chi connectivity index (χ2v) is 6.59. The number of rotatable bonds is 8. The summed E-state index contributed by atoms with van der Waals surface area (Å²) in [5, 5.41) is 0. The highest BCUT2D eigenvalue weighted by atomic mass is 16.5. The molecule has 0 aromatic carbocycles. The minimum absolute atomic E-state index is 0.00147. The van der Waals surface area contributed by atoms with Gasteiger partial charge in [-0.3, -0.25) is 9.59 Å². The summed E-state index contributed by atoms with van der Waals surface area (Å²) in [6.07, 6.45) is 4.17. The van der Waals surface area contributed by atoms with Crippen LogP contribution in [0.15, 0.2) is 12.5 Å². The van der Waals surface area contributed by atoms with Crippen LogP contribution in [0.25, 0.3) is 0 Å². The van der Waals surface area contributed by atoms with E-state index in [4.69, 9.17) is 4.74 Å². The molecule has 0 N–H and O–H groups in total. The summed E-state index contributed by atoms with van der Waals surface area (Å²) in [6.45, 7) is 8.45. The van der Waals surface area contributed by atoms with Crippen LogP contribution < -0.4 is 0 Å². The predicted molar refractivity (Wildman–Crippen MR) is 90.2 cm³/mol. The van der Waals surface area contributed by atoms with E-state index >= 15 is 0 Å². The fourth-order valence-electron chi connectivity index (χ4n) is 3.04. The monoisotopic (exact) mass is 336 g/mol. The van der Waals surface area contributed by atoms with E-state index in [0.29, 0.717) is 38.6 Å². The second kappa shape index (κ2) is 8.28. The van der Waals surface area contributed by atoms with Crippen LogP contribution in [-0.4, -0.2) is 64.0 Å². The van der Waals surface area contributed by atoms with Gasteiger partial charge >= 0.3 is 0 Å². The largest absolute Gasteiger partial charge is 0.383 e. The predicted octanol–water partition coefficient (Wildman–Crippen LogP) is 1.13. The number of nitrogens with zero attached hydrogens (tertiary/aromatic N) is 4. The minimum atomic E-state index is -0.392. The molecule has 7 heteroatoms. The Kier molecular flexibility index (Phi) is 6.36. The van der Waals surface area contributed by atoms with Gasteiger partial charge in [0.25, 0.3) is 0 Å². The Morgan fingerprint density at radius 1 is 1.38 bits per heavy atom. The molecular weight excluding hydrogens is 308 g/mol. The van der Waals surface area contributed by atoms with Crippen LogP contribution in [0.5, 0.6) is 0 Å². The lowest BCUT2D eigenvalue weighted by Gasteiger charge is -2.40. The lowest BCUT2D eigenvalue weighted by atomic mass is 9.98. The number of carbonyl (C=O) groups is 2. The van der Waals surface area contributed by atoms with Gasteiger partial charge in [-0.2, -0.15) is 0 Å². The van der Waals surface area contributed by atoms with Gasteiger partial charge in [-0.1, -0.05) is 13.8 Å². The number of ether oxygens (including phenoxy) is 1. The zero-order valence-electron chi connectivity index (χ0n) is 15.1. The molecule has 1 fully saturated rings. The van der Waals surface area contributed by atoms with Gasteiger partial charge in [0.05, 0.1) is 31.7 Å².